The molecule has 0 radical (unpaired) electrons. The largest absolute Gasteiger partial charge is 0.494 e. The van der Waals surface area contributed by atoms with Crippen molar-refractivity contribution in [2.45, 2.75) is 0 Å². The first-order valence-electron chi connectivity index (χ1n) is 5.69. The van der Waals surface area contributed by atoms with Gasteiger partial charge in [-0.1, -0.05) is 0 Å². The summed E-state index contributed by atoms with van der Waals surface area (Å²) in [4.78, 5) is 11.3. The van der Waals surface area contributed by atoms with Crippen LogP contribution in [0.25, 0.3) is 11.0 Å². The molecule has 2 aromatic heterocycles. The van der Waals surface area contributed by atoms with Gasteiger partial charge in [-0.2, -0.15) is 0 Å². The fourth-order valence-corrected chi connectivity index (χ4v) is 2.19. The number of aromatic nitrogens is 2. The Bertz CT molecular complexity index is 747. The van der Waals surface area contributed by atoms with Gasteiger partial charge in [-0.25, -0.2) is 4.98 Å². The van der Waals surface area contributed by atoms with Crippen molar-refractivity contribution in [3.05, 3.63) is 51.7 Å². The van der Waals surface area contributed by atoms with E-state index in [9.17, 15) is 5.11 Å². The molecule has 0 aliphatic rings. The highest BCUT2D eigenvalue weighted by Crippen LogP contribution is 2.24. The van der Waals surface area contributed by atoms with Gasteiger partial charge in [0.1, 0.15) is 5.65 Å². The minimum absolute atomic E-state index is 0.0861. The van der Waals surface area contributed by atoms with E-state index >= 15 is 0 Å². The fourth-order valence-electron chi connectivity index (χ4n) is 1.83. The molecule has 0 saturated heterocycles. The first-order valence-corrected chi connectivity index (χ1v) is 6.77. The van der Waals surface area contributed by atoms with Crippen LogP contribution in [-0.4, -0.2) is 21.3 Å². The van der Waals surface area contributed by atoms with E-state index in [-0.39, 0.29) is 5.88 Å². The van der Waals surface area contributed by atoms with Gasteiger partial charge in [0.15, 0.2) is 5.88 Å². The maximum absolute atomic E-state index is 9.87. The molecule has 0 aliphatic carbocycles. The average Bonchev–Trinajstić information content (AvgIpc) is 2.74. The van der Waals surface area contributed by atoms with E-state index in [0.717, 1.165) is 14.6 Å². The molecular weight excluding hydrogens is 353 g/mol. The second kappa shape index (κ2) is 5.00. The fraction of sp³-hybridized carbons (Fsp3) is 0. The van der Waals surface area contributed by atoms with Crippen LogP contribution in [0.15, 0.2) is 47.6 Å². The van der Waals surface area contributed by atoms with Crippen molar-refractivity contribution in [2.24, 2.45) is 4.99 Å². The molecule has 0 bridgehead atoms. The summed E-state index contributed by atoms with van der Waals surface area (Å²) < 4.78 is 1.16. The predicted octanol–water partition coefficient (Wildman–Crippen LogP) is 3.62. The number of nitrogens with one attached hydrogen (secondary N) is 1. The zero-order valence-corrected chi connectivity index (χ0v) is 12.0. The standard InChI is InChI=1S/C14H10IN3O/c15-9-3-5-10(6-4-9)17-8-12-11-2-1-7-16-13(11)18-14(12)19/h1-8,19H,(H,16,18). The predicted molar refractivity (Wildman–Crippen MR) is 84.2 cm³/mol. The quantitative estimate of drug-likeness (QED) is 0.540. The molecule has 0 spiro atoms. The zero-order chi connectivity index (χ0) is 13.2. The number of H-pyrrole nitrogens is 1. The Balaban J connectivity index is 2.01. The average molecular weight is 363 g/mol. The molecule has 2 N–H and O–H groups in total. The van der Waals surface area contributed by atoms with Gasteiger partial charge < -0.3 is 10.1 Å². The Morgan fingerprint density at radius 3 is 2.79 bits per heavy atom. The second-order valence-corrected chi connectivity index (χ2v) is 5.27. The van der Waals surface area contributed by atoms with Crippen molar-refractivity contribution in [2.75, 3.05) is 0 Å². The SMILES string of the molecule is Oc1[nH]c2ncccc2c1C=Nc1ccc(I)cc1. The Morgan fingerprint density at radius 2 is 2.00 bits per heavy atom. The van der Waals surface area contributed by atoms with Crippen LogP contribution in [-0.2, 0) is 0 Å². The molecule has 0 aliphatic heterocycles. The van der Waals surface area contributed by atoms with Gasteiger partial charge >= 0.3 is 0 Å². The number of hydrogen-bond acceptors (Lipinski definition) is 3. The van der Waals surface area contributed by atoms with E-state index in [4.69, 9.17) is 0 Å². The van der Waals surface area contributed by atoms with Gasteiger partial charge in [0.2, 0.25) is 0 Å². The lowest BCUT2D eigenvalue weighted by molar-refractivity contribution is 0.457. The summed E-state index contributed by atoms with van der Waals surface area (Å²) in [5.74, 6) is 0.0861. The molecule has 94 valence electrons. The van der Waals surface area contributed by atoms with Crippen LogP contribution in [0.5, 0.6) is 5.88 Å². The number of nitrogens with zero attached hydrogens (tertiary/aromatic N) is 2. The maximum Gasteiger partial charge on any atom is 0.199 e. The van der Waals surface area contributed by atoms with Crippen LogP contribution in [0, 0.1) is 3.57 Å². The summed E-state index contributed by atoms with van der Waals surface area (Å²) in [6.07, 6.45) is 3.33. The third-order valence-corrected chi connectivity index (χ3v) is 3.48. The number of halogens is 1. The molecule has 3 aromatic rings. The highest BCUT2D eigenvalue weighted by atomic mass is 127. The molecule has 3 rings (SSSR count). The van der Waals surface area contributed by atoms with E-state index < -0.39 is 0 Å². The highest BCUT2D eigenvalue weighted by molar-refractivity contribution is 14.1. The molecule has 0 saturated carbocycles. The Kier molecular flexibility index (Phi) is 3.20. The Morgan fingerprint density at radius 1 is 1.21 bits per heavy atom. The maximum atomic E-state index is 9.87. The molecular formula is C14H10IN3O. The van der Waals surface area contributed by atoms with Crippen LogP contribution in [0.2, 0.25) is 0 Å². The molecule has 5 heteroatoms. The van der Waals surface area contributed by atoms with Crippen molar-refractivity contribution >= 4 is 45.5 Å². The number of fused-ring (bicyclic) bond motifs is 1. The molecule has 4 nitrogen and oxygen atoms in total. The Labute approximate surface area is 123 Å². The lowest BCUT2D eigenvalue weighted by Gasteiger charge is -1.94. The third-order valence-electron chi connectivity index (χ3n) is 2.76. The molecule has 0 atom stereocenters. The summed E-state index contributed by atoms with van der Waals surface area (Å²) in [6.45, 7) is 0. The van der Waals surface area contributed by atoms with Gasteiger partial charge in [-0.05, 0) is 59.0 Å². The lowest BCUT2D eigenvalue weighted by Crippen LogP contribution is -1.79. The number of hydrogen-bond donors (Lipinski definition) is 2. The van der Waals surface area contributed by atoms with Gasteiger partial charge in [0, 0.05) is 21.4 Å². The number of rotatable bonds is 2. The summed E-state index contributed by atoms with van der Waals surface area (Å²) in [7, 11) is 0. The normalized spacial score (nSPS) is 11.4. The first-order chi connectivity index (χ1) is 9.24. The van der Waals surface area contributed by atoms with E-state index in [1.54, 1.807) is 12.4 Å². The molecule has 19 heavy (non-hydrogen) atoms. The van der Waals surface area contributed by atoms with Crippen LogP contribution in [0.3, 0.4) is 0 Å². The summed E-state index contributed by atoms with van der Waals surface area (Å²) in [5, 5.41) is 10.7. The first kappa shape index (κ1) is 12.2. The minimum atomic E-state index is 0.0861. The molecule has 1 aromatic carbocycles. The van der Waals surface area contributed by atoms with Crippen molar-refractivity contribution in [1.82, 2.24) is 9.97 Å². The number of benzene rings is 1. The summed E-state index contributed by atoms with van der Waals surface area (Å²) in [5.41, 5.74) is 2.16. The van der Waals surface area contributed by atoms with Crippen molar-refractivity contribution in [1.29, 1.82) is 0 Å². The van der Waals surface area contributed by atoms with E-state index in [2.05, 4.69) is 37.6 Å². The topological polar surface area (TPSA) is 61.3 Å². The van der Waals surface area contributed by atoms with Crippen molar-refractivity contribution < 1.29 is 5.11 Å². The minimum Gasteiger partial charge on any atom is -0.494 e. The van der Waals surface area contributed by atoms with E-state index in [1.165, 1.54) is 0 Å². The van der Waals surface area contributed by atoms with Crippen LogP contribution in [0.4, 0.5) is 5.69 Å². The number of aromatic amines is 1. The van der Waals surface area contributed by atoms with Gasteiger partial charge in [0.25, 0.3) is 0 Å². The van der Waals surface area contributed by atoms with Crippen LogP contribution < -0.4 is 0 Å². The Hall–Kier alpha value is -1.89. The molecule has 2 heterocycles. The summed E-state index contributed by atoms with van der Waals surface area (Å²) in [6, 6.07) is 11.6. The lowest BCUT2D eigenvalue weighted by atomic mass is 10.2. The van der Waals surface area contributed by atoms with Crippen LogP contribution in [0.1, 0.15) is 5.56 Å². The molecule has 0 fully saturated rings. The molecule has 0 amide bonds. The van der Waals surface area contributed by atoms with E-state index in [1.807, 2.05) is 36.4 Å². The highest BCUT2D eigenvalue weighted by Gasteiger charge is 2.08. The second-order valence-electron chi connectivity index (χ2n) is 4.02. The van der Waals surface area contributed by atoms with Crippen LogP contribution >= 0.6 is 22.6 Å². The number of aromatic hydroxyl groups is 1. The van der Waals surface area contributed by atoms with Gasteiger partial charge in [-0.3, -0.25) is 4.99 Å². The van der Waals surface area contributed by atoms with Gasteiger partial charge in [0.05, 0.1) is 11.3 Å². The van der Waals surface area contributed by atoms with Crippen molar-refractivity contribution in [3.63, 3.8) is 0 Å². The van der Waals surface area contributed by atoms with E-state index in [0.29, 0.717) is 11.2 Å². The third kappa shape index (κ3) is 2.46. The number of aliphatic imine (C=N–C) groups is 1. The van der Waals surface area contributed by atoms with Crippen molar-refractivity contribution in [3.8, 4) is 5.88 Å². The zero-order valence-electron chi connectivity index (χ0n) is 9.84. The van der Waals surface area contributed by atoms with Gasteiger partial charge in [-0.15, -0.1) is 0 Å². The summed E-state index contributed by atoms with van der Waals surface area (Å²) >= 11 is 2.25. The molecule has 0 unspecified atom stereocenters. The monoisotopic (exact) mass is 363 g/mol. The smallest absolute Gasteiger partial charge is 0.199 e. The number of pyridine rings is 1.